The molecule has 0 spiro atoms. The Labute approximate surface area is 136 Å². The van der Waals surface area contributed by atoms with Gasteiger partial charge in [-0.05, 0) is 24.0 Å². The van der Waals surface area contributed by atoms with Crippen LogP contribution in [0.2, 0.25) is 0 Å². The maximum absolute atomic E-state index is 12.7. The van der Waals surface area contributed by atoms with Crippen molar-refractivity contribution in [2.24, 2.45) is 5.10 Å². The molecule has 2 N–H and O–H groups in total. The molecule has 4 heteroatoms. The molecule has 120 valence electrons. The van der Waals surface area contributed by atoms with Gasteiger partial charge in [0, 0.05) is 5.71 Å². The van der Waals surface area contributed by atoms with Crippen LogP contribution in [0, 0.1) is 0 Å². The van der Waals surface area contributed by atoms with Crippen LogP contribution >= 0.6 is 0 Å². The zero-order chi connectivity index (χ0) is 16.7. The van der Waals surface area contributed by atoms with E-state index in [1.807, 2.05) is 26.0 Å². The van der Waals surface area contributed by atoms with E-state index < -0.39 is 11.5 Å². The molecule has 1 amide bonds. The van der Waals surface area contributed by atoms with E-state index in [0.717, 1.165) is 18.6 Å². The fourth-order valence-corrected chi connectivity index (χ4v) is 2.41. The highest BCUT2D eigenvalue weighted by Gasteiger charge is 2.39. The number of carbonyl (C=O) groups is 1. The second kappa shape index (κ2) is 7.70. The largest absolute Gasteiger partial charge is 0.372 e. The molecule has 0 aliphatic carbocycles. The molecule has 2 aromatic rings. The Morgan fingerprint density at radius 2 is 1.39 bits per heavy atom. The third-order valence-electron chi connectivity index (χ3n) is 3.84. The van der Waals surface area contributed by atoms with Crippen molar-refractivity contribution in [3.8, 4) is 0 Å². The molecule has 0 radical (unpaired) electrons. The van der Waals surface area contributed by atoms with Crippen molar-refractivity contribution >= 4 is 11.6 Å². The lowest BCUT2D eigenvalue weighted by Gasteiger charge is -2.27. The van der Waals surface area contributed by atoms with Gasteiger partial charge in [-0.1, -0.05) is 74.5 Å². The van der Waals surface area contributed by atoms with Gasteiger partial charge in [-0.15, -0.1) is 0 Å². The van der Waals surface area contributed by atoms with Gasteiger partial charge in [0.25, 0.3) is 5.91 Å². The predicted molar refractivity (Wildman–Crippen MR) is 92.0 cm³/mol. The summed E-state index contributed by atoms with van der Waals surface area (Å²) in [5.41, 5.74) is 2.63. The van der Waals surface area contributed by atoms with Crippen LogP contribution in [-0.2, 0) is 10.4 Å². The average Bonchev–Trinajstić information content (AvgIpc) is 2.63. The molecule has 0 atom stereocenters. The van der Waals surface area contributed by atoms with E-state index >= 15 is 0 Å². The van der Waals surface area contributed by atoms with Crippen molar-refractivity contribution in [3.63, 3.8) is 0 Å². The van der Waals surface area contributed by atoms with Crippen molar-refractivity contribution in [2.45, 2.75) is 32.3 Å². The lowest BCUT2D eigenvalue weighted by molar-refractivity contribution is -0.136. The summed E-state index contributed by atoms with van der Waals surface area (Å²) < 4.78 is 0. The minimum atomic E-state index is -1.78. The SMILES string of the molecule is CCC(CC)=NNC(=O)C(O)(c1ccccc1)c1ccccc1. The van der Waals surface area contributed by atoms with Crippen LogP contribution in [0.5, 0.6) is 0 Å². The summed E-state index contributed by atoms with van der Waals surface area (Å²) >= 11 is 0. The van der Waals surface area contributed by atoms with E-state index in [0.29, 0.717) is 11.1 Å². The Kier molecular flexibility index (Phi) is 5.66. The fourth-order valence-electron chi connectivity index (χ4n) is 2.41. The average molecular weight is 310 g/mol. The van der Waals surface area contributed by atoms with Crippen LogP contribution in [0.15, 0.2) is 65.8 Å². The molecular formula is C19H22N2O2. The third-order valence-corrected chi connectivity index (χ3v) is 3.84. The second-order valence-electron chi connectivity index (χ2n) is 5.27. The van der Waals surface area contributed by atoms with Crippen LogP contribution in [0.25, 0.3) is 0 Å². The molecule has 0 aliphatic heterocycles. The van der Waals surface area contributed by atoms with Gasteiger partial charge >= 0.3 is 0 Å². The topological polar surface area (TPSA) is 61.7 Å². The number of benzene rings is 2. The summed E-state index contributed by atoms with van der Waals surface area (Å²) in [5, 5.41) is 15.3. The Hall–Kier alpha value is -2.46. The number of hydrazone groups is 1. The molecule has 0 aromatic heterocycles. The minimum absolute atomic E-state index is 0.508. The first-order chi connectivity index (χ1) is 11.1. The zero-order valence-corrected chi connectivity index (χ0v) is 13.5. The number of carbonyl (C=O) groups excluding carboxylic acids is 1. The summed E-state index contributed by atoms with van der Waals surface area (Å²) in [6.07, 6.45) is 1.51. The molecule has 2 rings (SSSR count). The summed E-state index contributed by atoms with van der Waals surface area (Å²) in [6.45, 7) is 3.96. The number of hydrogen-bond donors (Lipinski definition) is 2. The normalized spacial score (nSPS) is 10.9. The summed E-state index contributed by atoms with van der Waals surface area (Å²) in [5.74, 6) is -0.561. The highest BCUT2D eigenvalue weighted by molar-refractivity contribution is 5.92. The Morgan fingerprint density at radius 3 is 1.78 bits per heavy atom. The standard InChI is InChI=1S/C19H22N2O2/c1-3-17(4-2)20-21-18(22)19(23,15-11-7-5-8-12-15)16-13-9-6-10-14-16/h5-14,23H,3-4H2,1-2H3,(H,21,22). The monoisotopic (exact) mass is 310 g/mol. The van der Waals surface area contributed by atoms with Crippen molar-refractivity contribution in [1.82, 2.24) is 5.43 Å². The molecule has 0 bridgehead atoms. The van der Waals surface area contributed by atoms with Gasteiger partial charge in [-0.25, -0.2) is 5.43 Å². The van der Waals surface area contributed by atoms with Gasteiger partial charge < -0.3 is 5.11 Å². The molecule has 0 fully saturated rings. The van der Waals surface area contributed by atoms with Crippen LogP contribution < -0.4 is 5.43 Å². The number of amides is 1. The van der Waals surface area contributed by atoms with Gasteiger partial charge in [-0.3, -0.25) is 4.79 Å². The number of nitrogens with zero attached hydrogens (tertiary/aromatic N) is 1. The van der Waals surface area contributed by atoms with Crippen molar-refractivity contribution in [1.29, 1.82) is 0 Å². The van der Waals surface area contributed by atoms with Crippen LogP contribution in [-0.4, -0.2) is 16.7 Å². The Bertz CT molecular complexity index is 621. The zero-order valence-electron chi connectivity index (χ0n) is 13.5. The summed E-state index contributed by atoms with van der Waals surface area (Å²) in [4.78, 5) is 12.7. The summed E-state index contributed by atoms with van der Waals surface area (Å²) in [7, 11) is 0. The first kappa shape index (κ1) is 16.9. The lowest BCUT2D eigenvalue weighted by atomic mass is 9.85. The molecule has 23 heavy (non-hydrogen) atoms. The van der Waals surface area contributed by atoms with Gasteiger partial charge in [0.15, 0.2) is 5.60 Å². The molecule has 4 nitrogen and oxygen atoms in total. The van der Waals surface area contributed by atoms with Gasteiger partial charge in [0.05, 0.1) is 0 Å². The number of hydrogen-bond acceptors (Lipinski definition) is 3. The molecule has 2 aromatic carbocycles. The highest BCUT2D eigenvalue weighted by atomic mass is 16.3. The van der Waals surface area contributed by atoms with Gasteiger partial charge in [0.2, 0.25) is 0 Å². The van der Waals surface area contributed by atoms with E-state index in [1.54, 1.807) is 48.5 Å². The molecule has 0 heterocycles. The summed E-state index contributed by atoms with van der Waals surface area (Å²) in [6, 6.07) is 17.8. The van der Waals surface area contributed by atoms with Crippen molar-refractivity contribution < 1.29 is 9.90 Å². The van der Waals surface area contributed by atoms with E-state index in [1.165, 1.54) is 0 Å². The quantitative estimate of drug-likeness (QED) is 0.635. The third kappa shape index (κ3) is 3.66. The maximum Gasteiger partial charge on any atom is 0.281 e. The molecule has 0 saturated carbocycles. The van der Waals surface area contributed by atoms with Gasteiger partial charge in [0.1, 0.15) is 0 Å². The predicted octanol–water partition coefficient (Wildman–Crippen LogP) is 3.21. The molecule has 0 aliphatic rings. The Balaban J connectivity index is 2.43. The smallest absolute Gasteiger partial charge is 0.281 e. The minimum Gasteiger partial charge on any atom is -0.372 e. The number of nitrogens with one attached hydrogen (secondary N) is 1. The van der Waals surface area contributed by atoms with E-state index in [4.69, 9.17) is 0 Å². The van der Waals surface area contributed by atoms with E-state index in [-0.39, 0.29) is 0 Å². The molecule has 0 saturated heterocycles. The highest BCUT2D eigenvalue weighted by Crippen LogP contribution is 2.29. The lowest BCUT2D eigenvalue weighted by Crippen LogP contribution is -2.43. The fraction of sp³-hybridized carbons (Fsp3) is 0.263. The first-order valence-electron chi connectivity index (χ1n) is 7.82. The first-order valence-corrected chi connectivity index (χ1v) is 7.82. The van der Waals surface area contributed by atoms with Crippen LogP contribution in [0.4, 0.5) is 0 Å². The van der Waals surface area contributed by atoms with Crippen molar-refractivity contribution in [2.75, 3.05) is 0 Å². The van der Waals surface area contributed by atoms with E-state index in [9.17, 15) is 9.90 Å². The second-order valence-corrected chi connectivity index (χ2v) is 5.27. The molecule has 0 unspecified atom stereocenters. The maximum atomic E-state index is 12.7. The number of rotatable bonds is 6. The molecular weight excluding hydrogens is 288 g/mol. The van der Waals surface area contributed by atoms with E-state index in [2.05, 4.69) is 10.5 Å². The van der Waals surface area contributed by atoms with Crippen LogP contribution in [0.1, 0.15) is 37.8 Å². The number of aliphatic hydroxyl groups is 1. The van der Waals surface area contributed by atoms with Gasteiger partial charge in [-0.2, -0.15) is 5.10 Å². The van der Waals surface area contributed by atoms with Crippen molar-refractivity contribution in [3.05, 3.63) is 71.8 Å². The van der Waals surface area contributed by atoms with Crippen LogP contribution in [0.3, 0.4) is 0 Å². The Morgan fingerprint density at radius 1 is 0.957 bits per heavy atom.